The lowest BCUT2D eigenvalue weighted by Gasteiger charge is -2.60. The molecule has 54 heavy (non-hydrogen) atoms. The Balaban J connectivity index is 1.27. The molecule has 2 aromatic heterocycles. The maximum atomic E-state index is 7.29. The fourth-order valence-corrected chi connectivity index (χ4v) is 12.1. The minimum Gasteiger partial charge on any atom is -0.459 e. The van der Waals surface area contributed by atoms with Crippen molar-refractivity contribution in [3.05, 3.63) is 178 Å². The largest absolute Gasteiger partial charge is 0.459 e. The first kappa shape index (κ1) is 30.6. The van der Waals surface area contributed by atoms with Gasteiger partial charge in [0.2, 0.25) is 0 Å². The molecule has 4 aliphatic rings. The molecule has 8 aromatic rings. The van der Waals surface area contributed by atoms with Gasteiger partial charge in [-0.15, -0.1) is 0 Å². The summed E-state index contributed by atoms with van der Waals surface area (Å²) in [6.07, 6.45) is 0. The van der Waals surface area contributed by atoms with Crippen molar-refractivity contribution < 1.29 is 8.83 Å². The summed E-state index contributed by atoms with van der Waals surface area (Å²) < 4.78 is 14.5. The highest BCUT2D eigenvalue weighted by atomic mass is 16.3. The van der Waals surface area contributed by atoms with Crippen molar-refractivity contribution in [3.63, 3.8) is 0 Å². The third-order valence-corrected chi connectivity index (χ3v) is 14.1. The molecule has 0 N–H and O–H groups in total. The van der Waals surface area contributed by atoms with Crippen LogP contribution in [0.4, 0.5) is 11.4 Å². The lowest BCUT2D eigenvalue weighted by molar-refractivity contribution is 0.334. The standard InChI is InChI=1S/C51H41NO2/c1-28-41-29(2)45-44(35-27-26-30-16-7-8-17-31(30)46(35)54-45)50(5)37-22-12-13-23-38(37)52(51(6,47(41)50)48-42(28)34-19-10-14-25-40(34)53-48)39-24-15-20-33-32-18-9-11-21-36(32)49(3,4)43(33)39/h7-29H,1-6H3. The SMILES string of the molecule is CC1C2=C3C(C)(c4ccccc4N(c4cccc5c4C(C)(C)c4ccccc4-5)C3(C)c3oc4ccccc4c3C2C)c2c1oc1c2ccc2ccccc21. The van der Waals surface area contributed by atoms with Crippen LogP contribution in [0.2, 0.25) is 0 Å². The molecule has 12 rings (SSSR count). The Hall–Kier alpha value is -5.80. The Bertz CT molecular complexity index is 3010. The van der Waals surface area contributed by atoms with E-state index in [9.17, 15) is 0 Å². The topological polar surface area (TPSA) is 29.5 Å². The van der Waals surface area contributed by atoms with Crippen LogP contribution in [-0.2, 0) is 16.4 Å². The van der Waals surface area contributed by atoms with Gasteiger partial charge in [0.25, 0.3) is 0 Å². The average molecular weight is 700 g/mol. The summed E-state index contributed by atoms with van der Waals surface area (Å²) in [5, 5.41) is 4.77. The summed E-state index contributed by atoms with van der Waals surface area (Å²) in [4.78, 5) is 2.69. The Kier molecular flexibility index (Phi) is 5.58. The molecule has 3 aliphatic carbocycles. The van der Waals surface area contributed by atoms with E-state index in [1.165, 1.54) is 83.0 Å². The minimum atomic E-state index is -0.675. The molecule has 1 aliphatic heterocycles. The van der Waals surface area contributed by atoms with Crippen LogP contribution in [0.3, 0.4) is 0 Å². The number of hydrogen-bond donors (Lipinski definition) is 0. The molecular weight excluding hydrogens is 659 g/mol. The zero-order chi connectivity index (χ0) is 36.5. The third kappa shape index (κ3) is 3.30. The molecule has 3 heteroatoms. The number of rotatable bonds is 1. The fraction of sp³-hybridized carbons (Fsp3) is 0.216. The summed E-state index contributed by atoms with van der Waals surface area (Å²) in [6, 6.07) is 47.1. The number of para-hydroxylation sites is 2. The van der Waals surface area contributed by atoms with E-state index in [0.29, 0.717) is 0 Å². The van der Waals surface area contributed by atoms with E-state index in [1.807, 2.05) is 0 Å². The first-order chi connectivity index (χ1) is 26.2. The molecule has 0 spiro atoms. The van der Waals surface area contributed by atoms with Crippen molar-refractivity contribution in [1.29, 1.82) is 0 Å². The van der Waals surface area contributed by atoms with Gasteiger partial charge in [-0.25, -0.2) is 0 Å². The van der Waals surface area contributed by atoms with Gasteiger partial charge < -0.3 is 13.7 Å². The van der Waals surface area contributed by atoms with E-state index in [4.69, 9.17) is 8.83 Å². The second-order valence-corrected chi connectivity index (χ2v) is 17.0. The molecule has 3 nitrogen and oxygen atoms in total. The summed E-state index contributed by atoms with van der Waals surface area (Å²) in [6.45, 7) is 14.6. The van der Waals surface area contributed by atoms with Gasteiger partial charge in [-0.3, -0.25) is 0 Å². The normalized spacial score (nSPS) is 24.3. The highest BCUT2D eigenvalue weighted by molar-refractivity contribution is 6.07. The maximum Gasteiger partial charge on any atom is 0.142 e. The number of nitrogens with zero attached hydrogens (tertiary/aromatic N) is 1. The van der Waals surface area contributed by atoms with Gasteiger partial charge in [0.1, 0.15) is 28.2 Å². The smallest absolute Gasteiger partial charge is 0.142 e. The van der Waals surface area contributed by atoms with Crippen LogP contribution in [0.15, 0.2) is 147 Å². The summed E-state index contributed by atoms with van der Waals surface area (Å²) in [7, 11) is 0. The van der Waals surface area contributed by atoms with Gasteiger partial charge in [0.05, 0.1) is 0 Å². The number of allylic oxidation sites excluding steroid dienone is 1. The van der Waals surface area contributed by atoms with Crippen molar-refractivity contribution in [2.45, 2.75) is 69.7 Å². The van der Waals surface area contributed by atoms with Gasteiger partial charge in [0, 0.05) is 61.3 Å². The molecule has 6 aromatic carbocycles. The summed E-state index contributed by atoms with van der Waals surface area (Å²) in [5.74, 6) is 2.32. The van der Waals surface area contributed by atoms with Crippen molar-refractivity contribution >= 4 is 44.1 Å². The number of fused-ring (bicyclic) bond motifs is 15. The number of anilines is 2. The highest BCUT2D eigenvalue weighted by Crippen LogP contribution is 2.71. The van der Waals surface area contributed by atoms with E-state index in [0.717, 1.165) is 22.7 Å². The monoisotopic (exact) mass is 699 g/mol. The van der Waals surface area contributed by atoms with Crippen LogP contribution < -0.4 is 4.90 Å². The zero-order valence-corrected chi connectivity index (χ0v) is 31.5. The molecule has 0 saturated heterocycles. The summed E-state index contributed by atoms with van der Waals surface area (Å²) >= 11 is 0. The Morgan fingerprint density at radius 1 is 0.556 bits per heavy atom. The number of furan rings is 2. The van der Waals surface area contributed by atoms with E-state index in [1.54, 1.807) is 0 Å². The van der Waals surface area contributed by atoms with Crippen molar-refractivity contribution in [2.24, 2.45) is 0 Å². The van der Waals surface area contributed by atoms with Gasteiger partial charge >= 0.3 is 0 Å². The van der Waals surface area contributed by atoms with Crippen molar-refractivity contribution in [1.82, 2.24) is 0 Å². The van der Waals surface area contributed by atoms with Gasteiger partial charge in [-0.1, -0.05) is 137 Å². The molecule has 0 saturated carbocycles. The highest BCUT2D eigenvalue weighted by Gasteiger charge is 2.64. The van der Waals surface area contributed by atoms with Crippen LogP contribution in [-0.4, -0.2) is 0 Å². The van der Waals surface area contributed by atoms with Crippen molar-refractivity contribution in [2.75, 3.05) is 4.90 Å². The molecule has 0 amide bonds. The second kappa shape index (κ2) is 9.84. The molecule has 0 fully saturated rings. The van der Waals surface area contributed by atoms with Gasteiger partial charge in [-0.05, 0) is 76.4 Å². The van der Waals surface area contributed by atoms with Crippen LogP contribution >= 0.6 is 0 Å². The molecule has 0 bridgehead atoms. The first-order valence-electron chi connectivity index (χ1n) is 19.5. The molecular formula is C51H41NO2. The predicted molar refractivity (Wildman–Crippen MR) is 220 cm³/mol. The fourth-order valence-electron chi connectivity index (χ4n) is 12.1. The molecule has 4 unspecified atom stereocenters. The number of benzene rings is 6. The lowest BCUT2D eigenvalue weighted by atomic mass is 9.51. The predicted octanol–water partition coefficient (Wildman–Crippen LogP) is 13.5. The second-order valence-electron chi connectivity index (χ2n) is 17.0. The van der Waals surface area contributed by atoms with Gasteiger partial charge in [0.15, 0.2) is 0 Å². The first-order valence-corrected chi connectivity index (χ1v) is 19.5. The van der Waals surface area contributed by atoms with E-state index in [2.05, 4.69) is 174 Å². The lowest BCUT2D eigenvalue weighted by Crippen LogP contribution is -2.57. The van der Waals surface area contributed by atoms with Crippen LogP contribution in [0.25, 0.3) is 43.8 Å². The van der Waals surface area contributed by atoms with Crippen LogP contribution in [0.5, 0.6) is 0 Å². The molecule has 262 valence electrons. The molecule has 4 atom stereocenters. The van der Waals surface area contributed by atoms with E-state index in [-0.39, 0.29) is 17.3 Å². The van der Waals surface area contributed by atoms with Crippen LogP contribution in [0, 0.1) is 0 Å². The Morgan fingerprint density at radius 3 is 2.09 bits per heavy atom. The Morgan fingerprint density at radius 2 is 1.24 bits per heavy atom. The van der Waals surface area contributed by atoms with Crippen molar-refractivity contribution in [3.8, 4) is 11.1 Å². The molecule has 3 heterocycles. The quantitative estimate of drug-likeness (QED) is 0.160. The number of hydrogen-bond acceptors (Lipinski definition) is 3. The van der Waals surface area contributed by atoms with Gasteiger partial charge in [-0.2, -0.15) is 0 Å². The minimum absolute atomic E-state index is 0.0553. The van der Waals surface area contributed by atoms with E-state index >= 15 is 0 Å². The van der Waals surface area contributed by atoms with E-state index < -0.39 is 11.0 Å². The average Bonchev–Trinajstić information content (AvgIpc) is 3.86. The molecule has 0 radical (unpaired) electrons. The summed E-state index contributed by atoms with van der Waals surface area (Å²) in [5.41, 5.74) is 15.2. The third-order valence-electron chi connectivity index (χ3n) is 14.1. The Labute approximate surface area is 315 Å². The zero-order valence-electron chi connectivity index (χ0n) is 31.5. The van der Waals surface area contributed by atoms with Crippen LogP contribution in [0.1, 0.15) is 92.7 Å². The maximum absolute atomic E-state index is 7.29.